The molecular weight excluding hydrogens is 281 g/mol. The smallest absolute Gasteiger partial charge is 0.237 e. The van der Waals surface area contributed by atoms with Gasteiger partial charge in [-0.25, -0.2) is 12.8 Å². The Bertz CT molecular complexity index is 582. The molecule has 0 spiro atoms. The quantitative estimate of drug-likeness (QED) is 0.781. The summed E-state index contributed by atoms with van der Waals surface area (Å²) in [6, 6.07) is 4.43. The van der Waals surface area contributed by atoms with Crippen LogP contribution in [0.15, 0.2) is 18.2 Å². The molecule has 1 amide bonds. The number of aryl methyl sites for hydroxylation is 1. The first-order valence-corrected chi connectivity index (χ1v) is 7.67. The molecule has 1 aliphatic heterocycles. The third-order valence-electron chi connectivity index (χ3n) is 2.95. The SMILES string of the molecule is Cc1cccc(F)c1N1CC(S(=O)(=O)Cl)CC1=O. The average molecular weight is 292 g/mol. The summed E-state index contributed by atoms with van der Waals surface area (Å²) in [5.41, 5.74) is 0.710. The number of carbonyl (C=O) groups excluding carboxylic acids is 1. The zero-order valence-corrected chi connectivity index (χ0v) is 11.1. The normalized spacial score (nSPS) is 20.5. The Morgan fingerprint density at radius 3 is 2.61 bits per heavy atom. The second-order valence-electron chi connectivity index (χ2n) is 4.21. The highest BCUT2D eigenvalue weighted by molar-refractivity contribution is 8.14. The van der Waals surface area contributed by atoms with E-state index in [9.17, 15) is 17.6 Å². The lowest BCUT2D eigenvalue weighted by molar-refractivity contribution is -0.117. The maximum Gasteiger partial charge on any atom is 0.237 e. The highest BCUT2D eigenvalue weighted by Gasteiger charge is 2.39. The summed E-state index contributed by atoms with van der Waals surface area (Å²) < 4.78 is 36.2. The summed E-state index contributed by atoms with van der Waals surface area (Å²) in [6.45, 7) is 1.56. The Hall–Kier alpha value is -1.14. The lowest BCUT2D eigenvalue weighted by Gasteiger charge is -2.19. The van der Waals surface area contributed by atoms with Gasteiger partial charge in [0.25, 0.3) is 0 Å². The predicted molar refractivity (Wildman–Crippen MR) is 66.7 cm³/mol. The fourth-order valence-corrected chi connectivity index (χ4v) is 3.07. The second kappa shape index (κ2) is 4.51. The Morgan fingerprint density at radius 2 is 2.11 bits per heavy atom. The Balaban J connectivity index is 2.39. The van der Waals surface area contributed by atoms with Gasteiger partial charge in [-0.15, -0.1) is 0 Å². The van der Waals surface area contributed by atoms with Gasteiger partial charge < -0.3 is 4.90 Å². The number of carbonyl (C=O) groups is 1. The van der Waals surface area contributed by atoms with E-state index in [1.807, 2.05) is 0 Å². The number of para-hydroxylation sites is 1. The van der Waals surface area contributed by atoms with E-state index < -0.39 is 26.0 Å². The molecule has 0 aromatic heterocycles. The molecule has 1 aliphatic rings. The van der Waals surface area contributed by atoms with Crippen molar-refractivity contribution in [1.82, 2.24) is 0 Å². The van der Waals surface area contributed by atoms with Gasteiger partial charge >= 0.3 is 0 Å². The molecular formula is C11H11ClFNO3S. The van der Waals surface area contributed by atoms with Gasteiger partial charge in [0.05, 0.1) is 5.69 Å². The largest absolute Gasteiger partial charge is 0.308 e. The van der Waals surface area contributed by atoms with E-state index in [1.54, 1.807) is 13.0 Å². The van der Waals surface area contributed by atoms with E-state index in [4.69, 9.17) is 10.7 Å². The van der Waals surface area contributed by atoms with Crippen molar-refractivity contribution in [3.05, 3.63) is 29.6 Å². The Kier molecular flexibility index (Phi) is 3.33. The van der Waals surface area contributed by atoms with Gasteiger partial charge in [0.15, 0.2) is 0 Å². The van der Waals surface area contributed by atoms with Crippen LogP contribution in [0.3, 0.4) is 0 Å². The highest BCUT2D eigenvalue weighted by atomic mass is 35.7. The van der Waals surface area contributed by atoms with E-state index in [0.29, 0.717) is 5.56 Å². The van der Waals surface area contributed by atoms with E-state index in [2.05, 4.69) is 0 Å². The highest BCUT2D eigenvalue weighted by Crippen LogP contribution is 2.30. The van der Waals surface area contributed by atoms with Crippen LogP contribution in [0.25, 0.3) is 0 Å². The number of anilines is 1. The molecule has 2 rings (SSSR count). The summed E-state index contributed by atoms with van der Waals surface area (Å²) in [7, 11) is 1.42. The van der Waals surface area contributed by atoms with Crippen molar-refractivity contribution in [2.24, 2.45) is 0 Å². The molecule has 7 heteroatoms. The van der Waals surface area contributed by atoms with Gasteiger partial charge in [0, 0.05) is 23.6 Å². The third kappa shape index (κ3) is 2.35. The minimum absolute atomic E-state index is 0.105. The van der Waals surface area contributed by atoms with Crippen LogP contribution < -0.4 is 4.90 Å². The summed E-state index contributed by atoms with van der Waals surface area (Å²) in [6.07, 6.45) is -0.209. The van der Waals surface area contributed by atoms with Crippen molar-refractivity contribution in [3.63, 3.8) is 0 Å². The number of halogens is 2. The first-order chi connectivity index (χ1) is 8.30. The average Bonchev–Trinajstić information content (AvgIpc) is 2.60. The molecule has 0 aliphatic carbocycles. The number of amides is 1. The van der Waals surface area contributed by atoms with Gasteiger partial charge in [-0.3, -0.25) is 4.79 Å². The molecule has 1 saturated heterocycles. The Morgan fingerprint density at radius 1 is 1.44 bits per heavy atom. The summed E-state index contributed by atoms with van der Waals surface area (Å²) in [5, 5.41) is -0.981. The van der Waals surface area contributed by atoms with Crippen LogP contribution in [-0.2, 0) is 13.8 Å². The second-order valence-corrected chi connectivity index (χ2v) is 7.12. The number of rotatable bonds is 2. The first-order valence-electron chi connectivity index (χ1n) is 5.29. The summed E-state index contributed by atoms with van der Waals surface area (Å²) in [4.78, 5) is 12.9. The van der Waals surface area contributed by atoms with Crippen molar-refractivity contribution < 1.29 is 17.6 Å². The maximum atomic E-state index is 13.7. The van der Waals surface area contributed by atoms with Crippen LogP contribution in [-0.4, -0.2) is 26.1 Å². The van der Waals surface area contributed by atoms with E-state index in [0.717, 1.165) is 4.90 Å². The minimum Gasteiger partial charge on any atom is -0.308 e. The minimum atomic E-state index is -3.81. The third-order valence-corrected chi connectivity index (χ3v) is 4.81. The lowest BCUT2D eigenvalue weighted by atomic mass is 10.2. The monoisotopic (exact) mass is 291 g/mol. The molecule has 1 aromatic carbocycles. The molecule has 0 N–H and O–H groups in total. The number of hydrogen-bond acceptors (Lipinski definition) is 3. The van der Waals surface area contributed by atoms with Gasteiger partial charge in [0.2, 0.25) is 15.0 Å². The van der Waals surface area contributed by atoms with Crippen LogP contribution >= 0.6 is 10.7 Å². The fourth-order valence-electron chi connectivity index (χ4n) is 2.04. The molecule has 4 nitrogen and oxygen atoms in total. The van der Waals surface area contributed by atoms with Crippen LogP contribution in [0, 0.1) is 12.7 Å². The molecule has 18 heavy (non-hydrogen) atoms. The molecule has 0 saturated carbocycles. The number of hydrogen-bond donors (Lipinski definition) is 0. The Labute approximate surface area is 109 Å². The van der Waals surface area contributed by atoms with Gasteiger partial charge in [-0.05, 0) is 18.6 Å². The predicted octanol–water partition coefficient (Wildman–Crippen LogP) is 1.81. The van der Waals surface area contributed by atoms with E-state index in [1.165, 1.54) is 12.1 Å². The first kappa shape index (κ1) is 13.3. The van der Waals surface area contributed by atoms with Crippen LogP contribution in [0.5, 0.6) is 0 Å². The van der Waals surface area contributed by atoms with Gasteiger partial charge in [-0.1, -0.05) is 12.1 Å². The molecule has 1 fully saturated rings. The zero-order valence-electron chi connectivity index (χ0n) is 9.56. The van der Waals surface area contributed by atoms with Gasteiger partial charge in [-0.2, -0.15) is 0 Å². The van der Waals surface area contributed by atoms with E-state index >= 15 is 0 Å². The molecule has 1 unspecified atom stereocenters. The van der Waals surface area contributed by atoms with Crippen molar-refractivity contribution in [1.29, 1.82) is 0 Å². The number of benzene rings is 1. The topological polar surface area (TPSA) is 54.5 Å². The zero-order chi connectivity index (χ0) is 13.5. The maximum absolute atomic E-state index is 13.7. The molecule has 0 radical (unpaired) electrons. The number of nitrogens with zero attached hydrogens (tertiary/aromatic N) is 1. The van der Waals surface area contributed by atoms with Crippen LogP contribution in [0.2, 0.25) is 0 Å². The van der Waals surface area contributed by atoms with Gasteiger partial charge in [0.1, 0.15) is 11.1 Å². The van der Waals surface area contributed by atoms with Crippen molar-refractivity contribution in [3.8, 4) is 0 Å². The lowest BCUT2D eigenvalue weighted by Crippen LogP contribution is -2.28. The summed E-state index contributed by atoms with van der Waals surface area (Å²) >= 11 is 0. The molecule has 98 valence electrons. The molecule has 1 aromatic rings. The molecule has 1 heterocycles. The van der Waals surface area contributed by atoms with E-state index in [-0.39, 0.29) is 18.7 Å². The van der Waals surface area contributed by atoms with Crippen LogP contribution in [0.1, 0.15) is 12.0 Å². The fraction of sp³-hybridized carbons (Fsp3) is 0.364. The van der Waals surface area contributed by atoms with Crippen molar-refractivity contribution in [2.75, 3.05) is 11.4 Å². The molecule has 0 bridgehead atoms. The summed E-state index contributed by atoms with van der Waals surface area (Å²) in [5.74, 6) is -0.978. The standard InChI is InChI=1S/C11H11ClFNO3S/c1-7-3-2-4-9(13)11(7)14-6-8(5-10(14)15)18(12,16)17/h2-4,8H,5-6H2,1H3. The van der Waals surface area contributed by atoms with Crippen molar-refractivity contribution in [2.45, 2.75) is 18.6 Å². The van der Waals surface area contributed by atoms with Crippen LogP contribution in [0.4, 0.5) is 10.1 Å². The molecule has 1 atom stereocenters. The van der Waals surface area contributed by atoms with Crippen molar-refractivity contribution >= 4 is 31.3 Å².